The third kappa shape index (κ3) is 3.45. The Morgan fingerprint density at radius 2 is 1.79 bits per heavy atom. The van der Waals surface area contributed by atoms with E-state index in [1.54, 1.807) is 0 Å². The summed E-state index contributed by atoms with van der Waals surface area (Å²) < 4.78 is 16.7. The van der Waals surface area contributed by atoms with Crippen molar-refractivity contribution in [2.24, 2.45) is 0 Å². The van der Waals surface area contributed by atoms with E-state index < -0.39 is 0 Å². The topological polar surface area (TPSA) is 43.8 Å². The number of pyridine rings is 1. The summed E-state index contributed by atoms with van der Waals surface area (Å²) in [5.74, 6) is 2.67. The minimum atomic E-state index is 0.603. The molecule has 3 heterocycles. The minimum absolute atomic E-state index is 0.603. The molecule has 1 aromatic carbocycles. The van der Waals surface area contributed by atoms with E-state index in [1.807, 2.05) is 23.9 Å². The Bertz CT molecular complexity index is 732. The maximum absolute atomic E-state index is 5.67. The molecule has 0 aliphatic carbocycles. The van der Waals surface area contributed by atoms with Gasteiger partial charge in [0.05, 0.1) is 23.8 Å². The summed E-state index contributed by atoms with van der Waals surface area (Å²) in [5, 5.41) is 2.21. The molecular weight excluding hydrogens is 324 g/mol. The Hall–Kier alpha value is -1.50. The molecule has 1 saturated heterocycles. The summed E-state index contributed by atoms with van der Waals surface area (Å²) in [4.78, 5) is 7.30. The van der Waals surface area contributed by atoms with Crippen molar-refractivity contribution in [1.82, 2.24) is 9.88 Å². The molecule has 24 heavy (non-hydrogen) atoms. The fourth-order valence-electron chi connectivity index (χ4n) is 3.04. The van der Waals surface area contributed by atoms with E-state index in [0.29, 0.717) is 13.2 Å². The average molecular weight is 346 g/mol. The second kappa shape index (κ2) is 7.17. The van der Waals surface area contributed by atoms with Crippen molar-refractivity contribution < 1.29 is 14.2 Å². The number of fused-ring (bicyclic) bond motifs is 2. The molecule has 0 spiro atoms. The van der Waals surface area contributed by atoms with Crippen LogP contribution in [0.4, 0.5) is 0 Å². The molecule has 2 aromatic rings. The average Bonchev–Trinajstić information content (AvgIpc) is 2.61. The monoisotopic (exact) mass is 346 g/mol. The van der Waals surface area contributed by atoms with Gasteiger partial charge in [-0.2, -0.15) is 0 Å². The number of nitrogens with zero attached hydrogens (tertiary/aromatic N) is 2. The van der Waals surface area contributed by atoms with Crippen LogP contribution in [0.15, 0.2) is 23.2 Å². The lowest BCUT2D eigenvalue weighted by atomic mass is 10.1. The molecular formula is C18H22N2O3S. The fourth-order valence-corrected chi connectivity index (χ4v) is 4.03. The van der Waals surface area contributed by atoms with Crippen molar-refractivity contribution in [3.63, 3.8) is 0 Å². The van der Waals surface area contributed by atoms with Gasteiger partial charge in [0.1, 0.15) is 13.2 Å². The number of aryl methyl sites for hydroxylation is 1. The molecule has 0 N–H and O–H groups in total. The Labute approximate surface area is 146 Å². The lowest BCUT2D eigenvalue weighted by Crippen LogP contribution is -2.37. The third-order valence-electron chi connectivity index (χ3n) is 4.37. The Morgan fingerprint density at radius 3 is 2.58 bits per heavy atom. The standard InChI is InChI=1S/C18H22N2O3S/c1-13-10-14-11-16-17(23-8-7-22-16)12-15(14)19-18(13)24-9-4-20-2-5-21-6-3-20/h10-12H,2-9H2,1H3. The number of thioether (sulfide) groups is 1. The maximum atomic E-state index is 5.67. The molecule has 1 fully saturated rings. The van der Waals surface area contributed by atoms with E-state index in [2.05, 4.69) is 17.9 Å². The highest BCUT2D eigenvalue weighted by molar-refractivity contribution is 7.99. The zero-order chi connectivity index (χ0) is 16.4. The van der Waals surface area contributed by atoms with Gasteiger partial charge in [0.25, 0.3) is 0 Å². The molecule has 1 aromatic heterocycles. The van der Waals surface area contributed by atoms with Crippen molar-refractivity contribution >= 4 is 22.7 Å². The van der Waals surface area contributed by atoms with Gasteiger partial charge in [-0.1, -0.05) is 0 Å². The first-order valence-electron chi connectivity index (χ1n) is 8.43. The second-order valence-electron chi connectivity index (χ2n) is 6.10. The summed E-state index contributed by atoms with van der Waals surface area (Å²) in [6.07, 6.45) is 0. The highest BCUT2D eigenvalue weighted by Crippen LogP contribution is 2.35. The van der Waals surface area contributed by atoms with Crippen LogP contribution in [0.25, 0.3) is 10.9 Å². The highest BCUT2D eigenvalue weighted by atomic mass is 32.2. The van der Waals surface area contributed by atoms with Crippen molar-refractivity contribution in [3.8, 4) is 11.5 Å². The number of hydrogen-bond acceptors (Lipinski definition) is 6. The number of morpholine rings is 1. The molecule has 5 nitrogen and oxygen atoms in total. The number of hydrogen-bond donors (Lipinski definition) is 0. The number of aromatic nitrogens is 1. The normalized spacial score (nSPS) is 18.0. The van der Waals surface area contributed by atoms with Crippen molar-refractivity contribution in [1.29, 1.82) is 0 Å². The Balaban J connectivity index is 1.49. The van der Waals surface area contributed by atoms with Crippen LogP contribution in [0.5, 0.6) is 11.5 Å². The van der Waals surface area contributed by atoms with E-state index in [4.69, 9.17) is 19.2 Å². The molecule has 0 unspecified atom stereocenters. The molecule has 0 atom stereocenters. The summed E-state index contributed by atoms with van der Waals surface area (Å²) in [5.41, 5.74) is 2.19. The summed E-state index contributed by atoms with van der Waals surface area (Å²) in [7, 11) is 0. The van der Waals surface area contributed by atoms with Gasteiger partial charge in [-0.05, 0) is 24.6 Å². The van der Waals surface area contributed by atoms with Crippen LogP contribution >= 0.6 is 11.8 Å². The van der Waals surface area contributed by atoms with Gasteiger partial charge in [-0.25, -0.2) is 4.98 Å². The van der Waals surface area contributed by atoms with Gasteiger partial charge in [-0.3, -0.25) is 4.90 Å². The van der Waals surface area contributed by atoms with Crippen molar-refractivity contribution in [2.45, 2.75) is 11.9 Å². The van der Waals surface area contributed by atoms with Crippen LogP contribution in [0.2, 0.25) is 0 Å². The quantitative estimate of drug-likeness (QED) is 0.793. The first-order chi connectivity index (χ1) is 11.8. The van der Waals surface area contributed by atoms with Crippen LogP contribution < -0.4 is 9.47 Å². The summed E-state index contributed by atoms with van der Waals surface area (Å²) >= 11 is 1.83. The molecule has 4 rings (SSSR count). The maximum Gasteiger partial charge on any atom is 0.163 e. The molecule has 0 radical (unpaired) electrons. The van der Waals surface area contributed by atoms with Crippen LogP contribution in [-0.4, -0.2) is 61.7 Å². The van der Waals surface area contributed by atoms with Gasteiger partial charge < -0.3 is 14.2 Å². The SMILES string of the molecule is Cc1cc2cc3c(cc2nc1SCCN1CCOCC1)OCCO3. The van der Waals surface area contributed by atoms with Gasteiger partial charge in [0, 0.05) is 36.8 Å². The van der Waals surface area contributed by atoms with Crippen molar-refractivity contribution in [2.75, 3.05) is 51.8 Å². The van der Waals surface area contributed by atoms with Crippen LogP contribution in [0.3, 0.4) is 0 Å². The smallest absolute Gasteiger partial charge is 0.163 e. The number of ether oxygens (including phenoxy) is 3. The first kappa shape index (κ1) is 16.0. The molecule has 0 amide bonds. The summed E-state index contributed by atoms with van der Waals surface area (Å²) in [6, 6.07) is 6.22. The van der Waals surface area contributed by atoms with Gasteiger partial charge >= 0.3 is 0 Å². The number of rotatable bonds is 4. The van der Waals surface area contributed by atoms with Gasteiger partial charge in [-0.15, -0.1) is 11.8 Å². The highest BCUT2D eigenvalue weighted by Gasteiger charge is 2.15. The van der Waals surface area contributed by atoms with Gasteiger partial charge in [0.15, 0.2) is 11.5 Å². The Morgan fingerprint density at radius 1 is 1.04 bits per heavy atom. The third-order valence-corrected chi connectivity index (χ3v) is 5.45. The molecule has 0 bridgehead atoms. The van der Waals surface area contributed by atoms with E-state index in [-0.39, 0.29) is 0 Å². The van der Waals surface area contributed by atoms with E-state index in [1.165, 1.54) is 5.56 Å². The number of benzene rings is 1. The van der Waals surface area contributed by atoms with Crippen LogP contribution in [0, 0.1) is 6.92 Å². The van der Waals surface area contributed by atoms with Crippen molar-refractivity contribution in [3.05, 3.63) is 23.8 Å². The molecule has 6 heteroatoms. The largest absolute Gasteiger partial charge is 0.486 e. The summed E-state index contributed by atoms with van der Waals surface area (Å²) in [6.45, 7) is 8.19. The molecule has 128 valence electrons. The van der Waals surface area contributed by atoms with Crippen LogP contribution in [0.1, 0.15) is 5.56 Å². The van der Waals surface area contributed by atoms with Gasteiger partial charge in [0.2, 0.25) is 0 Å². The predicted molar refractivity (Wildman–Crippen MR) is 95.5 cm³/mol. The van der Waals surface area contributed by atoms with E-state index >= 15 is 0 Å². The lowest BCUT2D eigenvalue weighted by Gasteiger charge is -2.26. The predicted octanol–water partition coefficient (Wildman–Crippen LogP) is 2.74. The Kier molecular flexibility index (Phi) is 4.78. The minimum Gasteiger partial charge on any atom is -0.486 e. The van der Waals surface area contributed by atoms with E-state index in [9.17, 15) is 0 Å². The molecule has 2 aliphatic heterocycles. The zero-order valence-corrected chi connectivity index (χ0v) is 14.7. The zero-order valence-electron chi connectivity index (χ0n) is 13.9. The molecule has 2 aliphatic rings. The molecule has 0 saturated carbocycles. The first-order valence-corrected chi connectivity index (χ1v) is 9.42. The fraction of sp³-hybridized carbons (Fsp3) is 0.500. The van der Waals surface area contributed by atoms with Crippen LogP contribution in [-0.2, 0) is 4.74 Å². The van der Waals surface area contributed by atoms with E-state index in [0.717, 1.165) is 66.0 Å². The second-order valence-corrected chi connectivity index (χ2v) is 7.19. The lowest BCUT2D eigenvalue weighted by molar-refractivity contribution is 0.0410.